The third-order valence-electron chi connectivity index (χ3n) is 4.12. The van der Waals surface area contributed by atoms with Gasteiger partial charge in [-0.25, -0.2) is 0 Å². The first kappa shape index (κ1) is 18.2. The zero-order valence-corrected chi connectivity index (χ0v) is 16.3. The van der Waals surface area contributed by atoms with Gasteiger partial charge in [0.05, 0.1) is 0 Å². The quantitative estimate of drug-likeness (QED) is 0.628. The number of nitrogens with zero attached hydrogens (tertiary/aromatic N) is 1. The molecule has 0 aliphatic rings. The molecule has 6 heteroatoms. The number of aryl methyl sites for hydroxylation is 1. The molecule has 2 aromatic carbocycles. The monoisotopic (exact) mass is 414 g/mol. The molecule has 3 rings (SSSR count). The fourth-order valence-electron chi connectivity index (χ4n) is 2.41. The lowest BCUT2D eigenvalue weighted by Gasteiger charge is -2.16. The number of carbonyl (C=O) groups is 1. The van der Waals surface area contributed by atoms with Gasteiger partial charge in [0.25, 0.3) is 5.91 Å². The minimum Gasteiger partial charge on any atom is -0.481 e. The van der Waals surface area contributed by atoms with Crippen LogP contribution in [0.1, 0.15) is 18.1 Å². The maximum Gasteiger partial charge on any atom is 0.267 e. The van der Waals surface area contributed by atoms with Crippen LogP contribution in [0.25, 0.3) is 11.3 Å². The van der Waals surface area contributed by atoms with Gasteiger partial charge in [-0.3, -0.25) is 10.1 Å². The van der Waals surface area contributed by atoms with E-state index in [0.717, 1.165) is 21.2 Å². The number of ether oxygens (including phenoxy) is 1. The number of aromatic nitrogens is 1. The van der Waals surface area contributed by atoms with E-state index >= 15 is 0 Å². The minimum atomic E-state index is -0.670. The van der Waals surface area contributed by atoms with Gasteiger partial charge in [0.15, 0.2) is 6.10 Å². The second kappa shape index (κ2) is 7.74. The van der Waals surface area contributed by atoms with Gasteiger partial charge in [-0.2, -0.15) is 0 Å². The van der Waals surface area contributed by atoms with E-state index in [1.165, 1.54) is 0 Å². The number of rotatable bonds is 5. The molecule has 1 atom stereocenters. The summed E-state index contributed by atoms with van der Waals surface area (Å²) in [7, 11) is 0. The average molecular weight is 415 g/mol. The maximum atomic E-state index is 12.4. The molecule has 1 aromatic heterocycles. The smallest absolute Gasteiger partial charge is 0.267 e. The summed E-state index contributed by atoms with van der Waals surface area (Å²) >= 11 is 3.39. The van der Waals surface area contributed by atoms with E-state index in [2.05, 4.69) is 26.4 Å². The molecule has 1 N–H and O–H groups in total. The van der Waals surface area contributed by atoms with Gasteiger partial charge < -0.3 is 9.26 Å². The zero-order valence-electron chi connectivity index (χ0n) is 14.7. The van der Waals surface area contributed by atoms with Gasteiger partial charge >= 0.3 is 0 Å². The van der Waals surface area contributed by atoms with Crippen LogP contribution < -0.4 is 10.1 Å². The Labute approximate surface area is 160 Å². The van der Waals surface area contributed by atoms with Crippen LogP contribution in [0.15, 0.2) is 57.5 Å². The number of anilines is 1. The van der Waals surface area contributed by atoms with Crippen LogP contribution in [0.2, 0.25) is 0 Å². The largest absolute Gasteiger partial charge is 0.481 e. The summed E-state index contributed by atoms with van der Waals surface area (Å²) in [5, 5.41) is 6.69. The fraction of sp³-hybridized carbons (Fsp3) is 0.200. The molecule has 0 aliphatic carbocycles. The SMILES string of the molecule is Cc1cccc(O[C@@H](C)C(=O)Nc2cc(-c3ccc(Br)cc3)no2)c1C. The van der Waals surface area contributed by atoms with Gasteiger partial charge in [-0.05, 0) is 50.1 Å². The van der Waals surface area contributed by atoms with Crippen LogP contribution in [-0.2, 0) is 4.79 Å². The number of benzene rings is 2. The van der Waals surface area contributed by atoms with Crippen LogP contribution in [0.4, 0.5) is 5.88 Å². The molecule has 5 nitrogen and oxygen atoms in total. The Kier molecular flexibility index (Phi) is 5.42. The highest BCUT2D eigenvalue weighted by Gasteiger charge is 2.18. The second-order valence-corrected chi connectivity index (χ2v) is 6.95. The Morgan fingerprint density at radius 2 is 1.92 bits per heavy atom. The Morgan fingerprint density at radius 1 is 1.19 bits per heavy atom. The third kappa shape index (κ3) is 4.14. The first-order chi connectivity index (χ1) is 12.4. The van der Waals surface area contributed by atoms with Crippen molar-refractivity contribution < 1.29 is 14.1 Å². The molecule has 0 spiro atoms. The van der Waals surface area contributed by atoms with Gasteiger partial charge in [0.2, 0.25) is 5.88 Å². The van der Waals surface area contributed by atoms with E-state index in [4.69, 9.17) is 9.26 Å². The topological polar surface area (TPSA) is 64.4 Å². The van der Waals surface area contributed by atoms with Crippen molar-refractivity contribution in [1.82, 2.24) is 5.16 Å². The molecule has 0 fully saturated rings. The Balaban J connectivity index is 1.66. The number of hydrogen-bond acceptors (Lipinski definition) is 4. The molecule has 3 aromatic rings. The highest BCUT2D eigenvalue weighted by atomic mass is 79.9. The number of carbonyl (C=O) groups excluding carboxylic acids is 1. The van der Waals surface area contributed by atoms with E-state index in [0.29, 0.717) is 11.4 Å². The molecule has 0 aliphatic heterocycles. The summed E-state index contributed by atoms with van der Waals surface area (Å²) in [6, 6.07) is 15.1. The van der Waals surface area contributed by atoms with Gasteiger partial charge in [0, 0.05) is 16.1 Å². The number of hydrogen-bond donors (Lipinski definition) is 1. The molecule has 0 radical (unpaired) electrons. The molecular formula is C20H19BrN2O3. The van der Waals surface area contributed by atoms with Crippen molar-refractivity contribution in [2.45, 2.75) is 26.9 Å². The summed E-state index contributed by atoms with van der Waals surface area (Å²) in [5.41, 5.74) is 3.68. The normalized spacial score (nSPS) is 11.8. The molecule has 1 heterocycles. The van der Waals surface area contributed by atoms with E-state index in [1.54, 1.807) is 13.0 Å². The summed E-state index contributed by atoms with van der Waals surface area (Å²) in [6.45, 7) is 5.67. The highest BCUT2D eigenvalue weighted by Crippen LogP contribution is 2.24. The van der Waals surface area contributed by atoms with Crippen LogP contribution >= 0.6 is 15.9 Å². The van der Waals surface area contributed by atoms with Crippen LogP contribution in [-0.4, -0.2) is 17.2 Å². The maximum absolute atomic E-state index is 12.4. The molecule has 0 unspecified atom stereocenters. The van der Waals surface area contributed by atoms with Crippen molar-refractivity contribution in [3.8, 4) is 17.0 Å². The van der Waals surface area contributed by atoms with Crippen LogP contribution in [0.5, 0.6) is 5.75 Å². The van der Waals surface area contributed by atoms with E-state index < -0.39 is 6.10 Å². The predicted molar refractivity (Wildman–Crippen MR) is 104 cm³/mol. The summed E-state index contributed by atoms with van der Waals surface area (Å²) < 4.78 is 12.0. The number of amides is 1. The first-order valence-corrected chi connectivity index (χ1v) is 8.99. The highest BCUT2D eigenvalue weighted by molar-refractivity contribution is 9.10. The van der Waals surface area contributed by atoms with Crippen LogP contribution in [0, 0.1) is 13.8 Å². The fourth-order valence-corrected chi connectivity index (χ4v) is 2.67. The van der Waals surface area contributed by atoms with Crippen molar-refractivity contribution in [1.29, 1.82) is 0 Å². The molecule has 134 valence electrons. The van der Waals surface area contributed by atoms with Gasteiger partial charge in [-0.1, -0.05) is 45.4 Å². The summed E-state index contributed by atoms with van der Waals surface area (Å²) in [5.74, 6) is 0.675. The lowest BCUT2D eigenvalue weighted by Crippen LogP contribution is -2.30. The second-order valence-electron chi connectivity index (χ2n) is 6.03. The van der Waals surface area contributed by atoms with E-state index in [-0.39, 0.29) is 11.8 Å². The lowest BCUT2D eigenvalue weighted by molar-refractivity contribution is -0.122. The third-order valence-corrected chi connectivity index (χ3v) is 4.65. The number of nitrogens with one attached hydrogen (secondary N) is 1. The van der Waals surface area contributed by atoms with Gasteiger partial charge in [-0.15, -0.1) is 0 Å². The Hall–Kier alpha value is -2.60. The van der Waals surface area contributed by atoms with E-state index in [9.17, 15) is 4.79 Å². The summed E-state index contributed by atoms with van der Waals surface area (Å²) in [6.07, 6.45) is -0.670. The number of halogens is 1. The summed E-state index contributed by atoms with van der Waals surface area (Å²) in [4.78, 5) is 12.4. The predicted octanol–water partition coefficient (Wildman–Crippen LogP) is 5.13. The minimum absolute atomic E-state index is 0.282. The average Bonchev–Trinajstić information content (AvgIpc) is 3.08. The molecule has 0 saturated carbocycles. The van der Waals surface area contributed by atoms with Crippen molar-refractivity contribution in [3.05, 3.63) is 64.1 Å². The van der Waals surface area contributed by atoms with Crippen LogP contribution in [0.3, 0.4) is 0 Å². The lowest BCUT2D eigenvalue weighted by atomic mass is 10.1. The zero-order chi connectivity index (χ0) is 18.7. The van der Waals surface area contributed by atoms with Gasteiger partial charge in [0.1, 0.15) is 11.4 Å². The Bertz CT molecular complexity index is 919. The molecular weight excluding hydrogens is 396 g/mol. The molecule has 0 saturated heterocycles. The van der Waals surface area contributed by atoms with Crippen molar-refractivity contribution in [2.75, 3.05) is 5.32 Å². The first-order valence-electron chi connectivity index (χ1n) is 8.20. The molecule has 0 bridgehead atoms. The van der Waals surface area contributed by atoms with E-state index in [1.807, 2.05) is 56.3 Å². The standard InChI is InChI=1S/C20H19BrN2O3/c1-12-5-4-6-18(13(12)2)25-14(3)20(24)22-19-11-17(23-26-19)15-7-9-16(21)10-8-15/h4-11,14H,1-3H3,(H,22,24)/t14-/m0/s1. The Morgan fingerprint density at radius 3 is 2.65 bits per heavy atom. The van der Waals surface area contributed by atoms with Crippen molar-refractivity contribution >= 4 is 27.7 Å². The van der Waals surface area contributed by atoms with Crippen molar-refractivity contribution in [2.24, 2.45) is 0 Å². The molecule has 1 amide bonds. The van der Waals surface area contributed by atoms with Crippen molar-refractivity contribution in [3.63, 3.8) is 0 Å². The molecule has 26 heavy (non-hydrogen) atoms.